The monoisotopic (exact) mass is 348 g/mol. The fourth-order valence-electron chi connectivity index (χ4n) is 2.38. The Hall–Kier alpha value is -2.19. The SMILES string of the molecule is Cc1nc(CCc2nc(-c3c(Cl)nc4sccn34)no2)[nH]c1C. The zero-order valence-electron chi connectivity index (χ0n) is 12.5. The number of hydrogen-bond donors (Lipinski definition) is 1. The Labute approximate surface area is 140 Å². The molecule has 4 heterocycles. The summed E-state index contributed by atoms with van der Waals surface area (Å²) in [6.45, 7) is 3.98. The molecule has 0 unspecified atom stereocenters. The zero-order chi connectivity index (χ0) is 16.0. The summed E-state index contributed by atoms with van der Waals surface area (Å²) in [5.41, 5.74) is 2.75. The molecule has 0 aliphatic heterocycles. The predicted molar refractivity (Wildman–Crippen MR) is 86.8 cm³/mol. The normalized spacial score (nSPS) is 11.6. The number of aryl methyl sites for hydroxylation is 4. The number of thiazole rings is 1. The number of rotatable bonds is 4. The average molecular weight is 349 g/mol. The second-order valence-electron chi connectivity index (χ2n) is 5.21. The molecular formula is C14H13ClN6OS. The van der Waals surface area contributed by atoms with Crippen molar-refractivity contribution >= 4 is 27.9 Å². The van der Waals surface area contributed by atoms with Gasteiger partial charge in [0.05, 0.1) is 5.69 Å². The molecule has 7 nitrogen and oxygen atoms in total. The van der Waals surface area contributed by atoms with Gasteiger partial charge in [-0.3, -0.25) is 4.40 Å². The molecule has 4 aromatic rings. The molecular weight excluding hydrogens is 336 g/mol. The Bertz CT molecular complexity index is 961. The quantitative estimate of drug-likeness (QED) is 0.612. The van der Waals surface area contributed by atoms with E-state index in [1.54, 1.807) is 0 Å². The maximum atomic E-state index is 6.18. The van der Waals surface area contributed by atoms with Crippen molar-refractivity contribution in [2.24, 2.45) is 0 Å². The highest BCUT2D eigenvalue weighted by Gasteiger charge is 2.19. The first-order valence-corrected chi connectivity index (χ1v) is 8.33. The van der Waals surface area contributed by atoms with Crippen LogP contribution < -0.4 is 0 Å². The third-order valence-corrected chi connectivity index (χ3v) is 4.67. The summed E-state index contributed by atoms with van der Waals surface area (Å²) in [5, 5.41) is 6.34. The molecule has 0 aliphatic carbocycles. The van der Waals surface area contributed by atoms with Crippen LogP contribution in [0.1, 0.15) is 23.1 Å². The molecule has 118 valence electrons. The highest BCUT2D eigenvalue weighted by Crippen LogP contribution is 2.28. The van der Waals surface area contributed by atoms with Crippen molar-refractivity contribution in [1.82, 2.24) is 29.5 Å². The number of aromatic amines is 1. The van der Waals surface area contributed by atoms with E-state index in [1.807, 2.05) is 29.8 Å². The van der Waals surface area contributed by atoms with Crippen LogP contribution in [-0.4, -0.2) is 29.5 Å². The lowest BCUT2D eigenvalue weighted by molar-refractivity contribution is 0.378. The van der Waals surface area contributed by atoms with E-state index in [0.29, 0.717) is 35.4 Å². The van der Waals surface area contributed by atoms with Gasteiger partial charge in [-0.25, -0.2) is 9.97 Å². The van der Waals surface area contributed by atoms with Crippen molar-refractivity contribution in [3.63, 3.8) is 0 Å². The van der Waals surface area contributed by atoms with E-state index in [4.69, 9.17) is 16.1 Å². The molecule has 0 fully saturated rings. The molecule has 0 amide bonds. The number of fused-ring (bicyclic) bond motifs is 1. The van der Waals surface area contributed by atoms with E-state index in [0.717, 1.165) is 22.2 Å². The number of aromatic nitrogens is 6. The van der Waals surface area contributed by atoms with Gasteiger partial charge in [0.1, 0.15) is 11.5 Å². The maximum Gasteiger partial charge on any atom is 0.227 e. The second-order valence-corrected chi connectivity index (χ2v) is 6.44. The van der Waals surface area contributed by atoms with Crippen LogP contribution in [-0.2, 0) is 12.8 Å². The average Bonchev–Trinajstić information content (AvgIpc) is 3.24. The van der Waals surface area contributed by atoms with E-state index in [9.17, 15) is 0 Å². The van der Waals surface area contributed by atoms with Gasteiger partial charge in [0.2, 0.25) is 11.7 Å². The highest BCUT2D eigenvalue weighted by atomic mass is 35.5. The van der Waals surface area contributed by atoms with Crippen LogP contribution in [0, 0.1) is 13.8 Å². The number of nitrogens with zero attached hydrogens (tertiary/aromatic N) is 5. The third-order valence-electron chi connectivity index (χ3n) is 3.65. The number of halogens is 1. The first kappa shape index (κ1) is 14.4. The summed E-state index contributed by atoms with van der Waals surface area (Å²) in [6, 6.07) is 0. The first-order chi connectivity index (χ1) is 11.1. The summed E-state index contributed by atoms with van der Waals surface area (Å²) in [4.78, 5) is 17.2. The molecule has 0 saturated carbocycles. The van der Waals surface area contributed by atoms with E-state index < -0.39 is 0 Å². The third kappa shape index (κ3) is 2.53. The molecule has 9 heteroatoms. The van der Waals surface area contributed by atoms with E-state index in [2.05, 4.69) is 25.1 Å². The van der Waals surface area contributed by atoms with E-state index in [1.165, 1.54) is 11.3 Å². The summed E-state index contributed by atoms with van der Waals surface area (Å²) >= 11 is 7.69. The van der Waals surface area contributed by atoms with Gasteiger partial charge in [-0.05, 0) is 13.8 Å². The van der Waals surface area contributed by atoms with Crippen LogP contribution in [0.3, 0.4) is 0 Å². The van der Waals surface area contributed by atoms with E-state index in [-0.39, 0.29) is 0 Å². The second kappa shape index (κ2) is 5.47. The van der Waals surface area contributed by atoms with Crippen molar-refractivity contribution in [1.29, 1.82) is 0 Å². The van der Waals surface area contributed by atoms with Gasteiger partial charge < -0.3 is 9.51 Å². The smallest absolute Gasteiger partial charge is 0.227 e. The van der Waals surface area contributed by atoms with Crippen molar-refractivity contribution in [3.05, 3.63) is 39.8 Å². The summed E-state index contributed by atoms with van der Waals surface area (Å²) < 4.78 is 7.19. The number of nitrogens with one attached hydrogen (secondary N) is 1. The standard InChI is InChI=1S/C14H13ClN6OS/c1-7-8(2)17-9(16-7)3-4-10-18-13(20-22-10)11-12(15)19-14-21(11)5-6-23-14/h5-6H,3-4H2,1-2H3,(H,16,17). The molecule has 0 bridgehead atoms. The molecule has 4 aromatic heterocycles. The lowest BCUT2D eigenvalue weighted by Gasteiger charge is -1.92. The van der Waals surface area contributed by atoms with Gasteiger partial charge in [0.15, 0.2) is 10.1 Å². The Morgan fingerprint density at radius 1 is 1.26 bits per heavy atom. The number of H-pyrrole nitrogens is 1. The molecule has 0 aliphatic rings. The summed E-state index contributed by atoms with van der Waals surface area (Å²) in [5.74, 6) is 1.91. The lowest BCUT2D eigenvalue weighted by atomic mass is 10.3. The first-order valence-electron chi connectivity index (χ1n) is 7.08. The Morgan fingerprint density at radius 2 is 2.13 bits per heavy atom. The summed E-state index contributed by atoms with van der Waals surface area (Å²) in [6.07, 6.45) is 3.21. The van der Waals surface area contributed by atoms with Gasteiger partial charge in [-0.1, -0.05) is 16.8 Å². The molecule has 4 rings (SSSR count). The largest absolute Gasteiger partial charge is 0.346 e. The van der Waals surface area contributed by atoms with Crippen LogP contribution in [0.2, 0.25) is 5.15 Å². The van der Waals surface area contributed by atoms with Gasteiger partial charge >= 0.3 is 0 Å². The number of imidazole rings is 2. The fourth-order valence-corrected chi connectivity index (χ4v) is 3.40. The fraction of sp³-hybridized carbons (Fsp3) is 0.286. The Morgan fingerprint density at radius 3 is 2.91 bits per heavy atom. The molecule has 1 N–H and O–H groups in total. The Balaban J connectivity index is 1.57. The van der Waals surface area contributed by atoms with Gasteiger partial charge in [0, 0.05) is 30.1 Å². The Kier molecular flexibility index (Phi) is 3.42. The van der Waals surface area contributed by atoms with Crippen molar-refractivity contribution < 1.29 is 4.52 Å². The zero-order valence-corrected chi connectivity index (χ0v) is 14.1. The summed E-state index contributed by atoms with van der Waals surface area (Å²) in [7, 11) is 0. The minimum absolute atomic E-state index is 0.376. The minimum atomic E-state index is 0.376. The van der Waals surface area contributed by atoms with Gasteiger partial charge in [-0.15, -0.1) is 11.3 Å². The van der Waals surface area contributed by atoms with E-state index >= 15 is 0 Å². The van der Waals surface area contributed by atoms with Crippen LogP contribution in [0.4, 0.5) is 0 Å². The van der Waals surface area contributed by atoms with Crippen molar-refractivity contribution in [2.75, 3.05) is 0 Å². The molecule has 23 heavy (non-hydrogen) atoms. The lowest BCUT2D eigenvalue weighted by Crippen LogP contribution is -1.94. The number of hydrogen-bond acceptors (Lipinski definition) is 6. The van der Waals surface area contributed by atoms with Crippen LogP contribution in [0.25, 0.3) is 16.5 Å². The van der Waals surface area contributed by atoms with Crippen LogP contribution in [0.5, 0.6) is 0 Å². The predicted octanol–water partition coefficient (Wildman–Crippen LogP) is 3.22. The maximum absolute atomic E-state index is 6.18. The molecule has 0 atom stereocenters. The van der Waals surface area contributed by atoms with Gasteiger partial charge in [0.25, 0.3) is 0 Å². The molecule has 0 spiro atoms. The molecule has 0 saturated heterocycles. The van der Waals surface area contributed by atoms with Crippen molar-refractivity contribution in [3.8, 4) is 11.5 Å². The van der Waals surface area contributed by atoms with Gasteiger partial charge in [-0.2, -0.15) is 4.98 Å². The minimum Gasteiger partial charge on any atom is -0.346 e. The van der Waals surface area contributed by atoms with Crippen molar-refractivity contribution in [2.45, 2.75) is 26.7 Å². The topological polar surface area (TPSA) is 84.9 Å². The van der Waals surface area contributed by atoms with Crippen LogP contribution in [0.15, 0.2) is 16.1 Å². The van der Waals surface area contributed by atoms with Crippen LogP contribution >= 0.6 is 22.9 Å². The molecule has 0 aromatic carbocycles. The molecule has 0 radical (unpaired) electrons. The highest BCUT2D eigenvalue weighted by molar-refractivity contribution is 7.15.